The van der Waals surface area contributed by atoms with E-state index in [0.717, 1.165) is 26.9 Å². The number of aliphatic hydroxyl groups is 1. The van der Waals surface area contributed by atoms with Gasteiger partial charge in [-0.2, -0.15) is 0 Å². The van der Waals surface area contributed by atoms with E-state index in [-0.39, 0.29) is 0 Å². The average molecular weight is 321 g/mol. The molecular formula is C16H17BrO2. The Morgan fingerprint density at radius 2 is 1.95 bits per heavy atom. The van der Waals surface area contributed by atoms with E-state index in [4.69, 9.17) is 4.74 Å². The summed E-state index contributed by atoms with van der Waals surface area (Å²) in [7, 11) is 0. The van der Waals surface area contributed by atoms with Gasteiger partial charge in [0, 0.05) is 0 Å². The number of benzene rings is 2. The summed E-state index contributed by atoms with van der Waals surface area (Å²) in [4.78, 5) is 0. The van der Waals surface area contributed by atoms with Crippen molar-refractivity contribution in [2.75, 3.05) is 6.61 Å². The Labute approximate surface area is 122 Å². The molecule has 0 aliphatic rings. The van der Waals surface area contributed by atoms with Crippen molar-refractivity contribution in [2.24, 2.45) is 0 Å². The van der Waals surface area contributed by atoms with E-state index in [0.29, 0.717) is 6.61 Å². The Balaban J connectivity index is 2.32. The quantitative estimate of drug-likeness (QED) is 0.913. The van der Waals surface area contributed by atoms with Crippen molar-refractivity contribution < 1.29 is 9.84 Å². The van der Waals surface area contributed by atoms with Crippen LogP contribution in [0.1, 0.15) is 29.7 Å². The zero-order valence-corrected chi connectivity index (χ0v) is 12.6. The van der Waals surface area contributed by atoms with E-state index in [1.54, 1.807) is 0 Å². The van der Waals surface area contributed by atoms with Crippen LogP contribution in [-0.4, -0.2) is 11.7 Å². The van der Waals surface area contributed by atoms with Crippen molar-refractivity contribution in [3.05, 3.63) is 63.6 Å². The third kappa shape index (κ3) is 3.17. The third-order valence-corrected chi connectivity index (χ3v) is 3.67. The minimum absolute atomic E-state index is 0.617. The summed E-state index contributed by atoms with van der Waals surface area (Å²) in [6.07, 6.45) is -0.617. The molecule has 0 heterocycles. The molecule has 2 aromatic carbocycles. The molecule has 0 aliphatic heterocycles. The molecule has 0 spiro atoms. The number of hydrogen-bond donors (Lipinski definition) is 1. The fourth-order valence-electron chi connectivity index (χ4n) is 2.03. The molecule has 0 radical (unpaired) electrons. The van der Waals surface area contributed by atoms with E-state index >= 15 is 0 Å². The lowest BCUT2D eigenvalue weighted by Crippen LogP contribution is -2.02. The maximum Gasteiger partial charge on any atom is 0.133 e. The number of ether oxygens (including phenoxy) is 1. The van der Waals surface area contributed by atoms with Gasteiger partial charge in [-0.1, -0.05) is 30.3 Å². The summed E-state index contributed by atoms with van der Waals surface area (Å²) < 4.78 is 6.33. The monoisotopic (exact) mass is 320 g/mol. The molecular weight excluding hydrogens is 304 g/mol. The van der Waals surface area contributed by atoms with Crippen molar-refractivity contribution in [3.63, 3.8) is 0 Å². The highest BCUT2D eigenvalue weighted by Gasteiger charge is 2.14. The maximum atomic E-state index is 10.5. The molecule has 0 bridgehead atoms. The Morgan fingerprint density at radius 3 is 2.58 bits per heavy atom. The zero-order chi connectivity index (χ0) is 13.8. The summed E-state index contributed by atoms with van der Waals surface area (Å²) in [6.45, 7) is 4.57. The maximum absolute atomic E-state index is 10.5. The molecule has 1 N–H and O–H groups in total. The highest BCUT2D eigenvalue weighted by atomic mass is 79.9. The second-order valence-electron chi connectivity index (χ2n) is 4.38. The minimum atomic E-state index is -0.617. The van der Waals surface area contributed by atoms with Crippen molar-refractivity contribution in [2.45, 2.75) is 20.0 Å². The van der Waals surface area contributed by atoms with Crippen molar-refractivity contribution in [1.29, 1.82) is 0 Å². The fraction of sp³-hybridized carbons (Fsp3) is 0.250. The van der Waals surface area contributed by atoms with Gasteiger partial charge in [0.2, 0.25) is 0 Å². The van der Waals surface area contributed by atoms with Crippen LogP contribution in [0.5, 0.6) is 5.75 Å². The van der Waals surface area contributed by atoms with E-state index in [9.17, 15) is 5.11 Å². The molecule has 100 valence electrons. The molecule has 0 amide bonds. The molecule has 2 rings (SSSR count). The van der Waals surface area contributed by atoms with Crippen LogP contribution in [0.25, 0.3) is 0 Å². The first-order chi connectivity index (χ1) is 9.13. The van der Waals surface area contributed by atoms with E-state index in [1.807, 2.05) is 56.3 Å². The van der Waals surface area contributed by atoms with Gasteiger partial charge in [0.25, 0.3) is 0 Å². The van der Waals surface area contributed by atoms with Gasteiger partial charge in [0.15, 0.2) is 0 Å². The average Bonchev–Trinajstić information content (AvgIpc) is 2.41. The second-order valence-corrected chi connectivity index (χ2v) is 5.24. The van der Waals surface area contributed by atoms with Gasteiger partial charge in [0.05, 0.1) is 11.1 Å². The van der Waals surface area contributed by atoms with E-state index in [2.05, 4.69) is 15.9 Å². The summed E-state index contributed by atoms with van der Waals surface area (Å²) >= 11 is 3.47. The van der Waals surface area contributed by atoms with Gasteiger partial charge in [-0.05, 0) is 58.6 Å². The number of hydrogen-bond acceptors (Lipinski definition) is 2. The molecule has 0 aromatic heterocycles. The van der Waals surface area contributed by atoms with Crippen molar-refractivity contribution >= 4 is 15.9 Å². The van der Waals surface area contributed by atoms with E-state index in [1.165, 1.54) is 0 Å². The Kier molecular flexibility index (Phi) is 4.61. The smallest absolute Gasteiger partial charge is 0.133 e. The van der Waals surface area contributed by atoms with Crippen molar-refractivity contribution in [1.82, 2.24) is 0 Å². The van der Waals surface area contributed by atoms with Gasteiger partial charge in [0.1, 0.15) is 11.9 Å². The lowest BCUT2D eigenvalue weighted by molar-refractivity contribution is 0.219. The fourth-order valence-corrected chi connectivity index (χ4v) is 2.54. The molecule has 2 nitrogen and oxygen atoms in total. The lowest BCUT2D eigenvalue weighted by Gasteiger charge is -2.15. The largest absolute Gasteiger partial charge is 0.493 e. The number of aryl methyl sites for hydroxylation is 1. The molecule has 1 unspecified atom stereocenters. The minimum Gasteiger partial charge on any atom is -0.493 e. The Bertz CT molecular complexity index is 566. The van der Waals surface area contributed by atoms with Gasteiger partial charge >= 0.3 is 0 Å². The van der Waals surface area contributed by atoms with Crippen LogP contribution in [-0.2, 0) is 0 Å². The standard InChI is InChI=1S/C16H17BrO2/c1-3-19-15-9-8-12(10-14(15)17)16(18)13-7-5-4-6-11(13)2/h4-10,16,18H,3H2,1-2H3. The Morgan fingerprint density at radius 1 is 1.21 bits per heavy atom. The molecule has 2 aromatic rings. The highest BCUT2D eigenvalue weighted by molar-refractivity contribution is 9.10. The predicted molar refractivity (Wildman–Crippen MR) is 80.6 cm³/mol. The van der Waals surface area contributed by atoms with Crippen LogP contribution in [0, 0.1) is 6.92 Å². The van der Waals surface area contributed by atoms with Crippen LogP contribution < -0.4 is 4.74 Å². The van der Waals surface area contributed by atoms with E-state index < -0.39 is 6.10 Å². The van der Waals surface area contributed by atoms with Crippen molar-refractivity contribution in [3.8, 4) is 5.75 Å². The summed E-state index contributed by atoms with van der Waals surface area (Å²) in [5, 5.41) is 10.5. The summed E-state index contributed by atoms with van der Waals surface area (Å²) in [6, 6.07) is 13.5. The van der Waals surface area contributed by atoms with Crippen LogP contribution in [0.2, 0.25) is 0 Å². The molecule has 0 aliphatic carbocycles. The van der Waals surface area contributed by atoms with Gasteiger partial charge in [-0.3, -0.25) is 0 Å². The molecule has 1 atom stereocenters. The molecule has 3 heteroatoms. The SMILES string of the molecule is CCOc1ccc(C(O)c2ccccc2C)cc1Br. The zero-order valence-electron chi connectivity index (χ0n) is 11.1. The summed E-state index contributed by atoms with van der Waals surface area (Å²) in [5.74, 6) is 0.795. The first-order valence-corrected chi connectivity index (χ1v) is 7.08. The molecule has 19 heavy (non-hydrogen) atoms. The van der Waals surface area contributed by atoms with Gasteiger partial charge in [-0.15, -0.1) is 0 Å². The number of rotatable bonds is 4. The third-order valence-electron chi connectivity index (χ3n) is 3.05. The van der Waals surface area contributed by atoms with Crippen LogP contribution in [0.3, 0.4) is 0 Å². The van der Waals surface area contributed by atoms with Crippen LogP contribution >= 0.6 is 15.9 Å². The second kappa shape index (κ2) is 6.22. The van der Waals surface area contributed by atoms with Gasteiger partial charge < -0.3 is 9.84 Å². The molecule has 0 saturated carbocycles. The predicted octanol–water partition coefficient (Wildman–Crippen LogP) is 4.24. The summed E-state index contributed by atoms with van der Waals surface area (Å²) in [5.41, 5.74) is 2.86. The Hall–Kier alpha value is -1.32. The van der Waals surface area contributed by atoms with Crippen LogP contribution in [0.4, 0.5) is 0 Å². The highest BCUT2D eigenvalue weighted by Crippen LogP contribution is 2.31. The topological polar surface area (TPSA) is 29.5 Å². The van der Waals surface area contributed by atoms with Crippen LogP contribution in [0.15, 0.2) is 46.9 Å². The molecule has 0 fully saturated rings. The normalized spacial score (nSPS) is 12.2. The molecule has 0 saturated heterocycles. The number of halogens is 1. The first-order valence-electron chi connectivity index (χ1n) is 6.29. The van der Waals surface area contributed by atoms with Gasteiger partial charge in [-0.25, -0.2) is 0 Å². The number of aliphatic hydroxyl groups excluding tert-OH is 1. The lowest BCUT2D eigenvalue weighted by atomic mass is 9.97. The first kappa shape index (κ1) is 14.1.